The molecule has 5 aromatic rings. The Kier molecular flexibility index (Phi) is 5.49. The van der Waals surface area contributed by atoms with Crippen LogP contribution in [0, 0.1) is 0 Å². The highest BCUT2D eigenvalue weighted by Crippen LogP contribution is 2.27. The highest BCUT2D eigenvalue weighted by atomic mass is 16.5. The number of hydrogen-bond donors (Lipinski definition) is 1. The predicted molar refractivity (Wildman–Crippen MR) is 132 cm³/mol. The molecule has 0 amide bonds. The third-order valence-electron chi connectivity index (χ3n) is 6.34. The lowest BCUT2D eigenvalue weighted by Gasteiger charge is -2.27. The van der Waals surface area contributed by atoms with Crippen molar-refractivity contribution in [3.05, 3.63) is 108 Å². The number of fused-ring (bicyclic) bond motifs is 2. The van der Waals surface area contributed by atoms with Gasteiger partial charge in [-0.3, -0.25) is 9.88 Å². The molecule has 0 atom stereocenters. The lowest BCUT2D eigenvalue weighted by Crippen LogP contribution is -2.31. The molecule has 3 aromatic heterocycles. The smallest absolute Gasteiger partial charge is 0.159 e. The summed E-state index contributed by atoms with van der Waals surface area (Å²) in [6, 6.07) is 20.4. The van der Waals surface area contributed by atoms with Crippen molar-refractivity contribution < 1.29 is 4.74 Å². The molecule has 0 radical (unpaired) electrons. The molecule has 0 saturated carbocycles. The van der Waals surface area contributed by atoms with Crippen LogP contribution in [-0.2, 0) is 26.1 Å². The molecule has 4 heterocycles. The van der Waals surface area contributed by atoms with Gasteiger partial charge in [0.1, 0.15) is 12.4 Å². The normalized spacial score (nSPS) is 13.6. The molecule has 0 spiro atoms. The number of rotatable bonds is 6. The van der Waals surface area contributed by atoms with Crippen molar-refractivity contribution in [2.45, 2.75) is 26.1 Å². The van der Waals surface area contributed by atoms with Crippen LogP contribution in [-0.4, -0.2) is 31.4 Å². The van der Waals surface area contributed by atoms with Gasteiger partial charge < -0.3 is 9.72 Å². The molecule has 6 rings (SSSR count). The van der Waals surface area contributed by atoms with E-state index in [2.05, 4.69) is 50.3 Å². The maximum atomic E-state index is 6.07. The summed E-state index contributed by atoms with van der Waals surface area (Å²) in [6.45, 7) is 3.22. The fraction of sp³-hybridized carbons (Fsp3) is 0.179. The second-order valence-electron chi connectivity index (χ2n) is 8.66. The number of aromatic amines is 1. The standard InChI is InChI=1S/C28H25N5O/c1-2-4-20(5-3-1)19-34-24-6-7-26-25(14-24)23(16-30-26)17-33-13-10-22-15-31-28(32-27(22)18-33)21-8-11-29-12-9-21/h1-9,11-12,14-16,30H,10,13,17-19H2. The predicted octanol–water partition coefficient (Wildman–Crippen LogP) is 5.16. The lowest BCUT2D eigenvalue weighted by atomic mass is 10.1. The zero-order valence-corrected chi connectivity index (χ0v) is 18.8. The van der Waals surface area contributed by atoms with Gasteiger partial charge >= 0.3 is 0 Å². The highest BCUT2D eigenvalue weighted by molar-refractivity contribution is 5.84. The number of ether oxygens (including phenoxy) is 1. The molecule has 0 fully saturated rings. The molecule has 0 saturated heterocycles. The summed E-state index contributed by atoms with van der Waals surface area (Å²) < 4.78 is 6.07. The minimum absolute atomic E-state index is 0.564. The topological polar surface area (TPSA) is 66.9 Å². The maximum Gasteiger partial charge on any atom is 0.159 e. The van der Waals surface area contributed by atoms with Gasteiger partial charge in [0.25, 0.3) is 0 Å². The van der Waals surface area contributed by atoms with E-state index in [0.29, 0.717) is 6.61 Å². The van der Waals surface area contributed by atoms with E-state index in [1.807, 2.05) is 42.6 Å². The molecule has 34 heavy (non-hydrogen) atoms. The van der Waals surface area contributed by atoms with E-state index in [-0.39, 0.29) is 0 Å². The molecule has 1 N–H and O–H groups in total. The average Bonchev–Trinajstić information content (AvgIpc) is 3.30. The first-order chi connectivity index (χ1) is 16.8. The van der Waals surface area contributed by atoms with Crippen LogP contribution in [0.2, 0.25) is 0 Å². The van der Waals surface area contributed by atoms with Crippen molar-refractivity contribution in [3.8, 4) is 17.1 Å². The van der Waals surface area contributed by atoms with Gasteiger partial charge in [0.15, 0.2) is 5.82 Å². The lowest BCUT2D eigenvalue weighted by molar-refractivity contribution is 0.242. The minimum atomic E-state index is 0.564. The Bertz CT molecular complexity index is 1420. The molecular weight excluding hydrogens is 422 g/mol. The van der Waals surface area contributed by atoms with E-state index in [9.17, 15) is 0 Å². The van der Waals surface area contributed by atoms with Crippen LogP contribution in [0.15, 0.2) is 85.5 Å². The van der Waals surface area contributed by atoms with Gasteiger partial charge in [-0.1, -0.05) is 30.3 Å². The summed E-state index contributed by atoms with van der Waals surface area (Å²) in [5, 5.41) is 1.21. The molecule has 168 valence electrons. The molecule has 6 nitrogen and oxygen atoms in total. The van der Waals surface area contributed by atoms with Crippen LogP contribution in [0.3, 0.4) is 0 Å². The Balaban J connectivity index is 1.19. The second kappa shape index (κ2) is 9.08. The van der Waals surface area contributed by atoms with Gasteiger partial charge in [-0.05, 0) is 53.4 Å². The molecule has 2 aromatic carbocycles. The van der Waals surface area contributed by atoms with Crippen molar-refractivity contribution in [1.29, 1.82) is 0 Å². The van der Waals surface area contributed by atoms with Crippen LogP contribution in [0.1, 0.15) is 22.4 Å². The van der Waals surface area contributed by atoms with E-state index in [1.165, 1.54) is 16.5 Å². The van der Waals surface area contributed by atoms with Gasteiger partial charge in [-0.25, -0.2) is 9.97 Å². The third kappa shape index (κ3) is 4.28. The van der Waals surface area contributed by atoms with Crippen LogP contribution >= 0.6 is 0 Å². The summed E-state index contributed by atoms with van der Waals surface area (Å²) in [4.78, 5) is 19.4. The van der Waals surface area contributed by atoms with Crippen molar-refractivity contribution >= 4 is 10.9 Å². The zero-order chi connectivity index (χ0) is 22.7. The van der Waals surface area contributed by atoms with Crippen LogP contribution < -0.4 is 4.74 Å². The maximum absolute atomic E-state index is 6.07. The molecule has 1 aliphatic heterocycles. The Labute approximate surface area is 198 Å². The number of hydrogen-bond acceptors (Lipinski definition) is 5. The number of nitrogens with zero attached hydrogens (tertiary/aromatic N) is 4. The molecular formula is C28H25N5O. The van der Waals surface area contributed by atoms with Crippen LogP contribution in [0.25, 0.3) is 22.3 Å². The molecule has 0 bridgehead atoms. The Morgan fingerprint density at radius 2 is 1.88 bits per heavy atom. The Morgan fingerprint density at radius 3 is 2.76 bits per heavy atom. The zero-order valence-electron chi connectivity index (χ0n) is 18.8. The van der Waals surface area contributed by atoms with Crippen molar-refractivity contribution in [1.82, 2.24) is 24.8 Å². The SMILES string of the molecule is c1ccc(COc2ccc3[nH]cc(CN4CCc5cnc(-c6ccncc6)nc5C4)c3c2)cc1. The van der Waals surface area contributed by atoms with Gasteiger partial charge in [-0.15, -0.1) is 0 Å². The van der Waals surface area contributed by atoms with Gasteiger partial charge in [0, 0.05) is 60.9 Å². The van der Waals surface area contributed by atoms with Crippen molar-refractivity contribution in [2.75, 3.05) is 6.54 Å². The summed E-state index contributed by atoms with van der Waals surface area (Å²) in [7, 11) is 0. The quantitative estimate of drug-likeness (QED) is 0.390. The summed E-state index contributed by atoms with van der Waals surface area (Å²) in [5.74, 6) is 1.64. The van der Waals surface area contributed by atoms with E-state index in [1.54, 1.807) is 12.4 Å². The number of nitrogens with one attached hydrogen (secondary N) is 1. The van der Waals surface area contributed by atoms with E-state index < -0.39 is 0 Å². The van der Waals surface area contributed by atoms with Crippen molar-refractivity contribution in [3.63, 3.8) is 0 Å². The number of benzene rings is 2. The summed E-state index contributed by atoms with van der Waals surface area (Å²) >= 11 is 0. The first-order valence-electron chi connectivity index (χ1n) is 11.6. The Hall–Kier alpha value is -4.03. The number of aromatic nitrogens is 4. The average molecular weight is 448 g/mol. The monoisotopic (exact) mass is 447 g/mol. The van der Waals surface area contributed by atoms with E-state index in [0.717, 1.165) is 60.0 Å². The van der Waals surface area contributed by atoms with Crippen molar-refractivity contribution in [2.24, 2.45) is 0 Å². The minimum Gasteiger partial charge on any atom is -0.489 e. The summed E-state index contributed by atoms with van der Waals surface area (Å²) in [5.41, 5.74) is 6.91. The van der Waals surface area contributed by atoms with Gasteiger partial charge in [0.05, 0.1) is 5.69 Å². The first-order valence-corrected chi connectivity index (χ1v) is 11.6. The Morgan fingerprint density at radius 1 is 1.00 bits per heavy atom. The second-order valence-corrected chi connectivity index (χ2v) is 8.66. The fourth-order valence-electron chi connectivity index (χ4n) is 4.49. The van der Waals surface area contributed by atoms with E-state index >= 15 is 0 Å². The van der Waals surface area contributed by atoms with Crippen LogP contribution in [0.5, 0.6) is 5.75 Å². The van der Waals surface area contributed by atoms with Gasteiger partial charge in [0.2, 0.25) is 0 Å². The van der Waals surface area contributed by atoms with Gasteiger partial charge in [-0.2, -0.15) is 0 Å². The molecule has 0 aliphatic carbocycles. The number of pyridine rings is 1. The molecule has 6 heteroatoms. The fourth-order valence-corrected chi connectivity index (χ4v) is 4.49. The van der Waals surface area contributed by atoms with Crippen LogP contribution in [0.4, 0.5) is 0 Å². The number of H-pyrrole nitrogens is 1. The molecule has 0 unspecified atom stereocenters. The largest absolute Gasteiger partial charge is 0.489 e. The summed E-state index contributed by atoms with van der Waals surface area (Å²) in [6.07, 6.45) is 8.61. The first kappa shape index (κ1) is 20.6. The van der Waals surface area contributed by atoms with E-state index in [4.69, 9.17) is 9.72 Å². The highest BCUT2D eigenvalue weighted by Gasteiger charge is 2.20. The third-order valence-corrected chi connectivity index (χ3v) is 6.34. The molecule has 1 aliphatic rings.